The Morgan fingerprint density at radius 3 is 3.00 bits per heavy atom. The van der Waals surface area contributed by atoms with Crippen LogP contribution in [0.4, 0.5) is 0 Å². The first-order valence-corrected chi connectivity index (χ1v) is 5.63. The average Bonchev–Trinajstić information content (AvgIpc) is 2.83. The fourth-order valence-corrected chi connectivity index (χ4v) is 1.73. The van der Waals surface area contributed by atoms with E-state index in [0.29, 0.717) is 0 Å². The highest BCUT2D eigenvalue weighted by atomic mass is 14.9. The highest BCUT2D eigenvalue weighted by Gasteiger charge is 2.03. The van der Waals surface area contributed by atoms with E-state index in [-0.39, 0.29) is 6.04 Å². The lowest BCUT2D eigenvalue weighted by Gasteiger charge is -2.09. The molecule has 1 aromatic heterocycles. The van der Waals surface area contributed by atoms with Gasteiger partial charge in [0.25, 0.3) is 0 Å². The summed E-state index contributed by atoms with van der Waals surface area (Å²) in [7, 11) is 0. The second-order valence-corrected chi connectivity index (χ2v) is 4.04. The van der Waals surface area contributed by atoms with Crippen LogP contribution in [0.5, 0.6) is 0 Å². The van der Waals surface area contributed by atoms with Crippen LogP contribution in [-0.4, -0.2) is 16.0 Å². The van der Waals surface area contributed by atoms with E-state index in [9.17, 15) is 0 Å². The van der Waals surface area contributed by atoms with Gasteiger partial charge in [-0.3, -0.25) is 0 Å². The summed E-state index contributed by atoms with van der Waals surface area (Å²) >= 11 is 0. The Bertz CT molecular complexity index is 434. The van der Waals surface area contributed by atoms with Crippen molar-refractivity contribution in [2.75, 3.05) is 0 Å². The van der Waals surface area contributed by atoms with E-state index in [1.807, 2.05) is 6.20 Å². The van der Waals surface area contributed by atoms with Crippen LogP contribution in [-0.2, 0) is 6.42 Å². The first kappa shape index (κ1) is 10.9. The van der Waals surface area contributed by atoms with Gasteiger partial charge in [0.15, 0.2) is 0 Å². The van der Waals surface area contributed by atoms with E-state index < -0.39 is 0 Å². The van der Waals surface area contributed by atoms with Gasteiger partial charge in [-0.2, -0.15) is 0 Å². The molecule has 2 rings (SSSR count). The molecular formula is C13H17N3. The number of imidazole rings is 1. The summed E-state index contributed by atoms with van der Waals surface area (Å²) in [6.45, 7) is 2.11. The summed E-state index contributed by atoms with van der Waals surface area (Å²) in [6, 6.07) is 8.68. The minimum absolute atomic E-state index is 0.247. The minimum atomic E-state index is 0.247. The van der Waals surface area contributed by atoms with Crippen LogP contribution in [0.1, 0.15) is 18.9 Å². The lowest BCUT2D eigenvalue weighted by atomic mass is 10.0. The Kier molecular flexibility index (Phi) is 3.37. The van der Waals surface area contributed by atoms with Crippen molar-refractivity contribution in [1.82, 2.24) is 9.97 Å². The minimum Gasteiger partial charge on any atom is -0.345 e. The van der Waals surface area contributed by atoms with E-state index in [1.54, 1.807) is 6.33 Å². The Morgan fingerprint density at radius 1 is 1.44 bits per heavy atom. The third-order valence-corrected chi connectivity index (χ3v) is 2.76. The van der Waals surface area contributed by atoms with E-state index in [4.69, 9.17) is 5.73 Å². The molecule has 0 aliphatic carbocycles. The molecule has 3 N–H and O–H groups in total. The van der Waals surface area contributed by atoms with Crippen molar-refractivity contribution < 1.29 is 0 Å². The molecular weight excluding hydrogens is 198 g/mol. The monoisotopic (exact) mass is 215 g/mol. The first-order chi connectivity index (χ1) is 7.79. The number of nitrogens with two attached hydrogens (primary N) is 1. The lowest BCUT2D eigenvalue weighted by molar-refractivity contribution is 0.646. The van der Waals surface area contributed by atoms with Gasteiger partial charge < -0.3 is 10.7 Å². The number of H-pyrrole nitrogens is 1. The lowest BCUT2D eigenvalue weighted by Crippen LogP contribution is -2.21. The van der Waals surface area contributed by atoms with Crippen molar-refractivity contribution in [1.29, 1.82) is 0 Å². The van der Waals surface area contributed by atoms with E-state index in [1.165, 1.54) is 11.1 Å². The zero-order valence-electron chi connectivity index (χ0n) is 9.48. The van der Waals surface area contributed by atoms with Crippen LogP contribution in [0.15, 0.2) is 36.8 Å². The zero-order valence-corrected chi connectivity index (χ0v) is 9.48. The first-order valence-electron chi connectivity index (χ1n) is 5.63. The largest absolute Gasteiger partial charge is 0.345 e. The quantitative estimate of drug-likeness (QED) is 0.822. The maximum atomic E-state index is 5.95. The molecule has 1 atom stereocenters. The molecule has 0 bridgehead atoms. The average molecular weight is 215 g/mol. The summed E-state index contributed by atoms with van der Waals surface area (Å²) < 4.78 is 0. The highest BCUT2D eigenvalue weighted by Crippen LogP contribution is 2.18. The molecule has 16 heavy (non-hydrogen) atoms. The van der Waals surface area contributed by atoms with Crippen molar-refractivity contribution in [3.63, 3.8) is 0 Å². The van der Waals surface area contributed by atoms with Gasteiger partial charge in [-0.15, -0.1) is 0 Å². The molecule has 0 radical (unpaired) electrons. The van der Waals surface area contributed by atoms with Gasteiger partial charge in [0.2, 0.25) is 0 Å². The molecule has 0 fully saturated rings. The highest BCUT2D eigenvalue weighted by molar-refractivity contribution is 5.58. The van der Waals surface area contributed by atoms with Gasteiger partial charge in [-0.05, 0) is 30.0 Å². The third kappa shape index (κ3) is 2.49. The number of nitrogens with one attached hydrogen (secondary N) is 1. The van der Waals surface area contributed by atoms with Crippen LogP contribution >= 0.6 is 0 Å². The third-order valence-electron chi connectivity index (χ3n) is 2.76. The van der Waals surface area contributed by atoms with E-state index in [2.05, 4.69) is 41.2 Å². The Morgan fingerprint density at radius 2 is 2.31 bits per heavy atom. The van der Waals surface area contributed by atoms with Crippen LogP contribution in [0, 0.1) is 0 Å². The topological polar surface area (TPSA) is 54.7 Å². The maximum Gasteiger partial charge on any atom is 0.0924 e. The van der Waals surface area contributed by atoms with Crippen LogP contribution in [0.25, 0.3) is 11.3 Å². The molecule has 84 valence electrons. The number of aromatic nitrogens is 2. The van der Waals surface area contributed by atoms with Crippen LogP contribution in [0.3, 0.4) is 0 Å². The van der Waals surface area contributed by atoms with Crippen molar-refractivity contribution in [3.8, 4) is 11.3 Å². The van der Waals surface area contributed by atoms with Crippen molar-refractivity contribution in [2.45, 2.75) is 25.8 Å². The summed E-state index contributed by atoms with van der Waals surface area (Å²) in [6.07, 6.45) is 5.46. The molecule has 0 saturated heterocycles. The van der Waals surface area contributed by atoms with Crippen LogP contribution in [0.2, 0.25) is 0 Å². The summed E-state index contributed by atoms with van der Waals surface area (Å²) in [5, 5.41) is 0. The predicted molar refractivity (Wildman–Crippen MR) is 66.0 cm³/mol. The molecule has 0 amide bonds. The van der Waals surface area contributed by atoms with E-state index in [0.717, 1.165) is 18.5 Å². The molecule has 2 aromatic rings. The predicted octanol–water partition coefficient (Wildman–Crippen LogP) is 2.36. The molecule has 3 nitrogen and oxygen atoms in total. The maximum absolute atomic E-state index is 5.95. The number of nitrogens with zero attached hydrogens (tertiary/aromatic N) is 1. The molecule has 1 unspecified atom stereocenters. The van der Waals surface area contributed by atoms with Gasteiger partial charge in [-0.1, -0.05) is 25.1 Å². The van der Waals surface area contributed by atoms with Crippen LogP contribution < -0.4 is 5.73 Å². The van der Waals surface area contributed by atoms with Gasteiger partial charge in [-0.25, -0.2) is 4.98 Å². The zero-order chi connectivity index (χ0) is 11.4. The van der Waals surface area contributed by atoms with Gasteiger partial charge in [0, 0.05) is 6.04 Å². The van der Waals surface area contributed by atoms with Crippen molar-refractivity contribution in [2.24, 2.45) is 5.73 Å². The molecule has 0 saturated carbocycles. The Balaban J connectivity index is 2.20. The summed E-state index contributed by atoms with van der Waals surface area (Å²) in [5.41, 5.74) is 9.45. The molecule has 0 aliphatic heterocycles. The molecule has 3 heteroatoms. The SMILES string of the molecule is CCC(N)Cc1cccc(-c2cnc[nH]2)c1. The number of rotatable bonds is 4. The second kappa shape index (κ2) is 4.94. The standard InChI is InChI=1S/C13H17N3/c1-2-12(14)7-10-4-3-5-11(6-10)13-8-15-9-16-13/h3-6,8-9,12H,2,7,14H2,1H3,(H,15,16). The normalized spacial score (nSPS) is 12.6. The van der Waals surface area contributed by atoms with Crippen molar-refractivity contribution in [3.05, 3.63) is 42.4 Å². The van der Waals surface area contributed by atoms with E-state index >= 15 is 0 Å². The van der Waals surface area contributed by atoms with Gasteiger partial charge >= 0.3 is 0 Å². The van der Waals surface area contributed by atoms with Crippen molar-refractivity contribution >= 4 is 0 Å². The second-order valence-electron chi connectivity index (χ2n) is 4.04. The number of aromatic amines is 1. The number of hydrogen-bond acceptors (Lipinski definition) is 2. The summed E-state index contributed by atoms with van der Waals surface area (Å²) in [5.74, 6) is 0. The molecule has 0 spiro atoms. The Labute approximate surface area is 95.7 Å². The Hall–Kier alpha value is -1.61. The fraction of sp³-hybridized carbons (Fsp3) is 0.308. The molecule has 1 heterocycles. The fourth-order valence-electron chi connectivity index (χ4n) is 1.73. The molecule has 1 aromatic carbocycles. The molecule has 0 aliphatic rings. The van der Waals surface area contributed by atoms with Gasteiger partial charge in [0.05, 0.1) is 18.2 Å². The summed E-state index contributed by atoms with van der Waals surface area (Å²) in [4.78, 5) is 7.13. The number of benzene rings is 1. The number of hydrogen-bond donors (Lipinski definition) is 2. The smallest absolute Gasteiger partial charge is 0.0924 e. The van der Waals surface area contributed by atoms with Gasteiger partial charge in [0.1, 0.15) is 0 Å².